The number of hydrogen-bond donors (Lipinski definition) is 1. The first-order valence-electron chi connectivity index (χ1n) is 4.80. The van der Waals surface area contributed by atoms with Crippen molar-refractivity contribution in [3.05, 3.63) is 18.0 Å². The highest BCUT2D eigenvalue weighted by Crippen LogP contribution is 2.14. The lowest BCUT2D eigenvalue weighted by Gasteiger charge is -2.07. The second-order valence-corrected chi connectivity index (χ2v) is 3.29. The van der Waals surface area contributed by atoms with Crippen molar-refractivity contribution >= 4 is 5.97 Å². The van der Waals surface area contributed by atoms with Crippen LogP contribution < -0.4 is 0 Å². The highest BCUT2D eigenvalue weighted by atomic mass is 19.4. The van der Waals surface area contributed by atoms with Gasteiger partial charge in [-0.3, -0.25) is 4.68 Å². The highest BCUT2D eigenvalue weighted by Gasteiger charge is 2.27. The van der Waals surface area contributed by atoms with Crippen LogP contribution in [0.2, 0.25) is 0 Å². The molecule has 0 aliphatic carbocycles. The molecule has 0 spiro atoms. The van der Waals surface area contributed by atoms with Gasteiger partial charge in [-0.15, -0.1) is 0 Å². The van der Waals surface area contributed by atoms with Crippen LogP contribution in [-0.2, 0) is 11.3 Å². The van der Waals surface area contributed by atoms with Crippen LogP contribution in [0.1, 0.15) is 16.9 Å². The Morgan fingerprint density at radius 2 is 2.24 bits per heavy atom. The maximum absolute atomic E-state index is 11.7. The molecule has 0 aliphatic rings. The van der Waals surface area contributed by atoms with E-state index in [9.17, 15) is 18.0 Å². The van der Waals surface area contributed by atoms with E-state index in [1.54, 1.807) is 0 Å². The molecular formula is C9H11F3N2O3. The molecular weight excluding hydrogens is 241 g/mol. The Morgan fingerprint density at radius 1 is 1.53 bits per heavy atom. The molecule has 1 aromatic heterocycles. The second kappa shape index (κ2) is 5.67. The Morgan fingerprint density at radius 3 is 2.76 bits per heavy atom. The minimum atomic E-state index is -4.32. The topological polar surface area (TPSA) is 64.3 Å². The molecule has 0 aromatic carbocycles. The molecule has 0 saturated heterocycles. The molecule has 1 aromatic rings. The van der Waals surface area contributed by atoms with Gasteiger partial charge in [0.25, 0.3) is 0 Å². The van der Waals surface area contributed by atoms with E-state index >= 15 is 0 Å². The lowest BCUT2D eigenvalue weighted by atomic mass is 10.4. The van der Waals surface area contributed by atoms with E-state index in [0.29, 0.717) is 13.0 Å². The number of aromatic nitrogens is 2. The van der Waals surface area contributed by atoms with E-state index in [2.05, 4.69) is 9.84 Å². The van der Waals surface area contributed by atoms with Gasteiger partial charge in [0.15, 0.2) is 5.69 Å². The monoisotopic (exact) mass is 252 g/mol. The van der Waals surface area contributed by atoms with Gasteiger partial charge in [0, 0.05) is 19.3 Å². The van der Waals surface area contributed by atoms with Crippen molar-refractivity contribution in [1.29, 1.82) is 0 Å². The van der Waals surface area contributed by atoms with Gasteiger partial charge in [-0.25, -0.2) is 4.79 Å². The predicted molar refractivity (Wildman–Crippen MR) is 50.7 cm³/mol. The summed E-state index contributed by atoms with van der Waals surface area (Å²) in [4.78, 5) is 10.5. The first-order chi connectivity index (χ1) is 7.88. The molecule has 0 aliphatic heterocycles. The molecule has 0 atom stereocenters. The number of aromatic carboxylic acids is 1. The Labute approximate surface area is 94.8 Å². The van der Waals surface area contributed by atoms with Crippen LogP contribution in [0.25, 0.3) is 0 Å². The minimum absolute atomic E-state index is 0.0538. The van der Waals surface area contributed by atoms with E-state index < -0.39 is 18.8 Å². The normalized spacial score (nSPS) is 11.7. The third-order valence-electron chi connectivity index (χ3n) is 1.80. The van der Waals surface area contributed by atoms with Gasteiger partial charge < -0.3 is 9.84 Å². The van der Waals surface area contributed by atoms with Gasteiger partial charge in [0.2, 0.25) is 0 Å². The summed E-state index contributed by atoms with van der Waals surface area (Å²) in [7, 11) is 0. The van der Waals surface area contributed by atoms with E-state index in [4.69, 9.17) is 5.11 Å². The minimum Gasteiger partial charge on any atom is -0.476 e. The van der Waals surface area contributed by atoms with E-state index in [1.807, 2.05) is 0 Å². The number of ether oxygens (including phenoxy) is 1. The molecule has 96 valence electrons. The summed E-state index contributed by atoms with van der Waals surface area (Å²) >= 11 is 0. The van der Waals surface area contributed by atoms with Gasteiger partial charge in [-0.1, -0.05) is 0 Å². The van der Waals surface area contributed by atoms with E-state index in [1.165, 1.54) is 16.9 Å². The van der Waals surface area contributed by atoms with Crippen LogP contribution in [-0.4, -0.2) is 40.2 Å². The number of rotatable bonds is 6. The first-order valence-corrected chi connectivity index (χ1v) is 4.80. The number of aryl methyl sites for hydroxylation is 1. The van der Waals surface area contributed by atoms with Crippen molar-refractivity contribution in [3.8, 4) is 0 Å². The van der Waals surface area contributed by atoms with Gasteiger partial charge in [-0.05, 0) is 12.5 Å². The second-order valence-electron chi connectivity index (χ2n) is 3.29. The molecule has 0 radical (unpaired) electrons. The zero-order valence-electron chi connectivity index (χ0n) is 8.78. The van der Waals surface area contributed by atoms with E-state index in [-0.39, 0.29) is 12.3 Å². The highest BCUT2D eigenvalue weighted by molar-refractivity contribution is 5.84. The summed E-state index contributed by atoms with van der Waals surface area (Å²) in [6, 6.07) is 1.32. The average molecular weight is 252 g/mol. The summed E-state index contributed by atoms with van der Waals surface area (Å²) in [6.07, 6.45) is -2.54. The van der Waals surface area contributed by atoms with Crippen LogP contribution in [0.15, 0.2) is 12.3 Å². The first kappa shape index (κ1) is 13.5. The number of alkyl halides is 3. The van der Waals surface area contributed by atoms with Gasteiger partial charge >= 0.3 is 12.1 Å². The van der Waals surface area contributed by atoms with Crippen molar-refractivity contribution in [2.75, 3.05) is 13.2 Å². The standard InChI is InChI=1S/C9H11F3N2O3/c10-9(11,12)6-17-5-1-3-14-4-2-7(13-14)8(15)16/h2,4H,1,3,5-6H2,(H,15,16). The molecule has 8 heteroatoms. The zero-order chi connectivity index (χ0) is 12.9. The van der Waals surface area contributed by atoms with Gasteiger partial charge in [0.05, 0.1) is 0 Å². The molecule has 0 fully saturated rings. The lowest BCUT2D eigenvalue weighted by molar-refractivity contribution is -0.174. The molecule has 0 amide bonds. The zero-order valence-corrected chi connectivity index (χ0v) is 8.78. The van der Waals surface area contributed by atoms with Crippen molar-refractivity contribution in [3.63, 3.8) is 0 Å². The van der Waals surface area contributed by atoms with Crippen LogP contribution >= 0.6 is 0 Å². The molecule has 17 heavy (non-hydrogen) atoms. The molecule has 1 heterocycles. The summed E-state index contributed by atoms with van der Waals surface area (Å²) in [5, 5.41) is 12.3. The van der Waals surface area contributed by atoms with E-state index in [0.717, 1.165) is 0 Å². The fourth-order valence-corrected chi connectivity index (χ4v) is 1.12. The fourth-order valence-electron chi connectivity index (χ4n) is 1.12. The molecule has 1 N–H and O–H groups in total. The quantitative estimate of drug-likeness (QED) is 0.780. The summed E-state index contributed by atoms with van der Waals surface area (Å²) in [6.45, 7) is -1.01. The molecule has 0 unspecified atom stereocenters. The lowest BCUT2D eigenvalue weighted by Crippen LogP contribution is -2.17. The van der Waals surface area contributed by atoms with Crippen LogP contribution in [0.4, 0.5) is 13.2 Å². The Balaban J connectivity index is 2.20. The third-order valence-corrected chi connectivity index (χ3v) is 1.80. The number of carbonyl (C=O) groups is 1. The van der Waals surface area contributed by atoms with Gasteiger partial charge in [0.1, 0.15) is 6.61 Å². The van der Waals surface area contributed by atoms with Crippen LogP contribution in [0, 0.1) is 0 Å². The SMILES string of the molecule is O=C(O)c1ccn(CCCOCC(F)(F)F)n1. The molecule has 0 bridgehead atoms. The number of nitrogens with zero attached hydrogens (tertiary/aromatic N) is 2. The maximum atomic E-state index is 11.7. The predicted octanol–water partition coefficient (Wildman–Crippen LogP) is 1.55. The Bertz CT molecular complexity index is 376. The van der Waals surface area contributed by atoms with Crippen molar-refractivity contribution in [1.82, 2.24) is 9.78 Å². The van der Waals surface area contributed by atoms with Crippen molar-refractivity contribution < 1.29 is 27.8 Å². The summed E-state index contributed by atoms with van der Waals surface area (Å²) in [5.74, 6) is -1.14. The number of carboxylic acids is 1. The fraction of sp³-hybridized carbons (Fsp3) is 0.556. The van der Waals surface area contributed by atoms with Gasteiger partial charge in [-0.2, -0.15) is 18.3 Å². The van der Waals surface area contributed by atoms with Crippen LogP contribution in [0.3, 0.4) is 0 Å². The third kappa shape index (κ3) is 5.34. The average Bonchev–Trinajstić information content (AvgIpc) is 2.64. The largest absolute Gasteiger partial charge is 0.476 e. The smallest absolute Gasteiger partial charge is 0.411 e. The summed E-state index contributed by atoms with van der Waals surface area (Å²) < 4.78 is 40.8. The number of halogens is 3. The van der Waals surface area contributed by atoms with Crippen LogP contribution in [0.5, 0.6) is 0 Å². The van der Waals surface area contributed by atoms with Crippen molar-refractivity contribution in [2.45, 2.75) is 19.1 Å². The Hall–Kier alpha value is -1.57. The molecule has 5 nitrogen and oxygen atoms in total. The molecule has 0 saturated carbocycles. The number of carboxylic acid groups (broad SMARTS) is 1. The van der Waals surface area contributed by atoms with Crippen molar-refractivity contribution in [2.24, 2.45) is 0 Å². The maximum Gasteiger partial charge on any atom is 0.411 e. The molecule has 1 rings (SSSR count). The Kier molecular flexibility index (Phi) is 4.50. The number of hydrogen-bond acceptors (Lipinski definition) is 3. The summed E-state index contributed by atoms with van der Waals surface area (Å²) in [5.41, 5.74) is -0.0961.